The summed E-state index contributed by atoms with van der Waals surface area (Å²) >= 11 is 0. The van der Waals surface area contributed by atoms with Crippen molar-refractivity contribution in [3.8, 4) is 0 Å². The van der Waals surface area contributed by atoms with Crippen LogP contribution >= 0.6 is 0 Å². The molecule has 0 radical (unpaired) electrons. The van der Waals surface area contributed by atoms with Crippen molar-refractivity contribution in [2.45, 2.75) is 37.0 Å². The van der Waals surface area contributed by atoms with Gasteiger partial charge < -0.3 is 21.5 Å². The van der Waals surface area contributed by atoms with E-state index in [1.165, 1.54) is 0 Å². The number of hydrogen-bond acceptors (Lipinski definition) is 3. The second-order valence-corrected chi connectivity index (χ2v) is 4.24. The van der Waals surface area contributed by atoms with Crippen molar-refractivity contribution >= 4 is 17.9 Å². The van der Waals surface area contributed by atoms with Gasteiger partial charge in [0, 0.05) is 0 Å². The molecule has 5 N–H and O–H groups in total. The van der Waals surface area contributed by atoms with Crippen LogP contribution in [-0.4, -0.2) is 40.8 Å². The Morgan fingerprint density at radius 2 is 1.84 bits per heavy atom. The van der Waals surface area contributed by atoms with Crippen LogP contribution in [0, 0.1) is 0 Å². The van der Waals surface area contributed by atoms with Crippen molar-refractivity contribution < 1.29 is 32.7 Å². The fraction of sp³-hybridized carbons (Fsp3) is 0.667. The van der Waals surface area contributed by atoms with Crippen LogP contribution in [0.5, 0.6) is 0 Å². The highest BCUT2D eigenvalue weighted by atomic mass is 19.4. The molecule has 1 saturated carbocycles. The molecule has 0 aromatic heterocycles. The Kier molecular flexibility index (Phi) is 3.91. The van der Waals surface area contributed by atoms with Gasteiger partial charge >= 0.3 is 18.2 Å². The third kappa shape index (κ3) is 3.73. The van der Waals surface area contributed by atoms with Crippen molar-refractivity contribution in [3.63, 3.8) is 0 Å². The zero-order valence-electron chi connectivity index (χ0n) is 9.58. The summed E-state index contributed by atoms with van der Waals surface area (Å²) < 4.78 is 37.6. The smallest absolute Gasteiger partial charge is 0.411 e. The first-order valence-corrected chi connectivity index (χ1v) is 5.24. The van der Waals surface area contributed by atoms with Gasteiger partial charge in [-0.25, -0.2) is 9.59 Å². The van der Waals surface area contributed by atoms with E-state index in [2.05, 4.69) is 0 Å². The van der Waals surface area contributed by atoms with Crippen LogP contribution in [0.4, 0.5) is 18.0 Å². The lowest BCUT2D eigenvalue weighted by atomic mass is 10.2. The Morgan fingerprint density at radius 1 is 1.32 bits per heavy atom. The van der Waals surface area contributed by atoms with Crippen LogP contribution in [0.25, 0.3) is 0 Å². The van der Waals surface area contributed by atoms with Gasteiger partial charge in [0.2, 0.25) is 5.91 Å². The average molecular weight is 283 g/mol. The van der Waals surface area contributed by atoms with Crippen LogP contribution in [-0.2, 0) is 9.59 Å². The lowest BCUT2D eigenvalue weighted by Crippen LogP contribution is -2.55. The van der Waals surface area contributed by atoms with Gasteiger partial charge in [0.15, 0.2) is 0 Å². The highest BCUT2D eigenvalue weighted by Crippen LogP contribution is 2.48. The molecule has 1 aliphatic rings. The predicted molar refractivity (Wildman–Crippen MR) is 54.9 cm³/mol. The summed E-state index contributed by atoms with van der Waals surface area (Å²) in [5.41, 5.74) is 2.46. The number of aliphatic carboxylic acids is 1. The van der Waals surface area contributed by atoms with Gasteiger partial charge in [0.1, 0.15) is 11.6 Å². The molecule has 1 atom stereocenters. The molecule has 0 spiro atoms. The molecule has 1 aliphatic carbocycles. The van der Waals surface area contributed by atoms with Crippen LogP contribution < -0.4 is 16.4 Å². The number of nitrogens with two attached hydrogens (primary N) is 1. The Bertz CT molecular complexity index is 406. The first-order valence-electron chi connectivity index (χ1n) is 5.24. The minimum Gasteiger partial charge on any atom is -0.480 e. The fourth-order valence-electron chi connectivity index (χ4n) is 1.42. The Hall–Kier alpha value is -2.00. The molecule has 7 nitrogen and oxygen atoms in total. The van der Waals surface area contributed by atoms with Gasteiger partial charge in [-0.05, 0) is 12.8 Å². The molecule has 0 bridgehead atoms. The number of amides is 3. The molecule has 0 heterocycles. The number of carboxylic acid groups (broad SMARTS) is 1. The zero-order chi connectivity index (χ0) is 14.8. The zero-order valence-corrected chi connectivity index (χ0v) is 9.58. The number of carbonyl (C=O) groups is 3. The number of hydrogen-bond donors (Lipinski definition) is 4. The number of halogens is 3. The summed E-state index contributed by atoms with van der Waals surface area (Å²) in [6.07, 6.45) is -5.84. The van der Waals surface area contributed by atoms with Gasteiger partial charge in [-0.15, -0.1) is 0 Å². The lowest BCUT2D eigenvalue weighted by Gasteiger charge is -2.22. The molecule has 1 fully saturated rings. The van der Waals surface area contributed by atoms with E-state index in [1.54, 1.807) is 10.6 Å². The van der Waals surface area contributed by atoms with E-state index in [0.29, 0.717) is 0 Å². The highest BCUT2D eigenvalue weighted by Gasteiger charge is 2.64. The average Bonchev–Trinajstić information content (AvgIpc) is 2.95. The van der Waals surface area contributed by atoms with E-state index < -0.39 is 42.1 Å². The predicted octanol–water partition coefficient (Wildman–Crippen LogP) is -0.291. The van der Waals surface area contributed by atoms with Gasteiger partial charge in [0.05, 0.1) is 6.42 Å². The van der Waals surface area contributed by atoms with Crippen molar-refractivity contribution in [2.24, 2.45) is 5.73 Å². The third-order valence-corrected chi connectivity index (χ3v) is 2.65. The normalized spacial score (nSPS) is 18.3. The summed E-state index contributed by atoms with van der Waals surface area (Å²) in [6, 6.07) is -2.97. The number of alkyl halides is 3. The number of primary amides is 1. The number of carboxylic acids is 1. The molecule has 108 valence electrons. The Morgan fingerprint density at radius 3 is 2.16 bits per heavy atom. The maximum Gasteiger partial charge on any atom is 0.411 e. The lowest BCUT2D eigenvalue weighted by molar-refractivity contribution is -0.162. The van der Waals surface area contributed by atoms with E-state index in [-0.39, 0.29) is 12.8 Å². The summed E-state index contributed by atoms with van der Waals surface area (Å²) in [6.45, 7) is 0. The molecule has 0 aromatic carbocycles. The molecule has 0 unspecified atom stereocenters. The maximum absolute atomic E-state index is 12.5. The molecule has 10 heteroatoms. The highest BCUT2D eigenvalue weighted by molar-refractivity contribution is 5.87. The van der Waals surface area contributed by atoms with Gasteiger partial charge in [-0.2, -0.15) is 13.2 Å². The first kappa shape index (κ1) is 15.1. The fourth-order valence-corrected chi connectivity index (χ4v) is 1.42. The van der Waals surface area contributed by atoms with Gasteiger partial charge in [-0.3, -0.25) is 4.79 Å². The van der Waals surface area contributed by atoms with E-state index >= 15 is 0 Å². The van der Waals surface area contributed by atoms with Crippen molar-refractivity contribution in [2.75, 3.05) is 0 Å². The van der Waals surface area contributed by atoms with Crippen LogP contribution in [0.2, 0.25) is 0 Å². The van der Waals surface area contributed by atoms with Crippen molar-refractivity contribution in [1.29, 1.82) is 0 Å². The first-order chi connectivity index (χ1) is 8.57. The third-order valence-electron chi connectivity index (χ3n) is 2.65. The molecule has 1 rings (SSSR count). The monoisotopic (exact) mass is 283 g/mol. The largest absolute Gasteiger partial charge is 0.480 e. The van der Waals surface area contributed by atoms with Crippen LogP contribution in [0.3, 0.4) is 0 Å². The van der Waals surface area contributed by atoms with E-state index in [0.717, 1.165) is 0 Å². The molecule has 19 heavy (non-hydrogen) atoms. The van der Waals surface area contributed by atoms with E-state index in [1.807, 2.05) is 0 Å². The number of nitrogens with one attached hydrogen (secondary N) is 2. The number of rotatable bonds is 5. The second-order valence-electron chi connectivity index (χ2n) is 4.24. The van der Waals surface area contributed by atoms with Crippen LogP contribution in [0.1, 0.15) is 19.3 Å². The second kappa shape index (κ2) is 4.94. The summed E-state index contributed by atoms with van der Waals surface area (Å²) in [5.74, 6) is -2.56. The van der Waals surface area contributed by atoms with Crippen molar-refractivity contribution in [3.05, 3.63) is 0 Å². The molecular formula is C9H12F3N3O4. The summed E-state index contributed by atoms with van der Waals surface area (Å²) in [4.78, 5) is 32.5. The molecule has 0 saturated heterocycles. The summed E-state index contributed by atoms with van der Waals surface area (Å²) in [5, 5.41) is 12.1. The minimum atomic E-state index is -4.60. The number of urea groups is 1. The summed E-state index contributed by atoms with van der Waals surface area (Å²) in [7, 11) is 0. The van der Waals surface area contributed by atoms with E-state index in [4.69, 9.17) is 10.8 Å². The molecular weight excluding hydrogens is 271 g/mol. The minimum absolute atomic E-state index is 0.266. The Balaban J connectivity index is 2.59. The Labute approximate surface area is 105 Å². The van der Waals surface area contributed by atoms with Crippen LogP contribution in [0.15, 0.2) is 0 Å². The SMILES string of the molecule is NC(=O)C[C@H](NC(=O)NC1(C(F)(F)F)CC1)C(=O)O. The molecule has 0 aromatic rings. The van der Waals surface area contributed by atoms with Crippen molar-refractivity contribution in [1.82, 2.24) is 10.6 Å². The standard InChI is InChI=1S/C9H12F3N3O4/c10-9(11,12)8(1-2-8)15-7(19)14-4(6(17)18)3-5(13)16/h4H,1-3H2,(H2,13,16)(H,17,18)(H2,14,15,19)/t4-/m0/s1. The molecule has 0 aliphatic heterocycles. The maximum atomic E-state index is 12.5. The van der Waals surface area contributed by atoms with E-state index in [9.17, 15) is 27.6 Å². The quantitative estimate of drug-likeness (QED) is 0.553. The van der Waals surface area contributed by atoms with Gasteiger partial charge in [0.25, 0.3) is 0 Å². The number of carbonyl (C=O) groups excluding carboxylic acids is 2. The topological polar surface area (TPSA) is 122 Å². The molecule has 3 amide bonds. The van der Waals surface area contributed by atoms with Gasteiger partial charge in [-0.1, -0.05) is 0 Å².